The summed E-state index contributed by atoms with van der Waals surface area (Å²) in [5.74, 6) is 0. The molecule has 86 valence electrons. The third-order valence-corrected chi connectivity index (χ3v) is 4.02. The first-order chi connectivity index (χ1) is 7.63. The molecule has 2 rings (SSSR count). The Bertz CT molecular complexity index is 466. The highest BCUT2D eigenvalue weighted by atomic mass is 32.1. The molecule has 0 saturated heterocycles. The molecule has 1 N–H and O–H groups in total. The minimum Gasteiger partial charge on any atom is -0.307 e. The topological polar surface area (TPSA) is 42.7 Å². The molecule has 1 atom stereocenters. The van der Waals surface area contributed by atoms with Crippen molar-refractivity contribution in [2.24, 2.45) is 7.05 Å². The van der Waals surface area contributed by atoms with Crippen molar-refractivity contribution >= 4 is 11.3 Å². The van der Waals surface area contributed by atoms with Gasteiger partial charge in [0.2, 0.25) is 0 Å². The first-order valence-corrected chi connectivity index (χ1v) is 6.04. The van der Waals surface area contributed by atoms with E-state index < -0.39 is 0 Å². The van der Waals surface area contributed by atoms with Gasteiger partial charge in [-0.15, -0.1) is 16.4 Å². The number of nitrogens with zero attached hydrogens (tertiary/aromatic N) is 3. The Hall–Kier alpha value is -1.20. The summed E-state index contributed by atoms with van der Waals surface area (Å²) in [4.78, 5) is 2.67. The second-order valence-corrected chi connectivity index (χ2v) is 5.18. The van der Waals surface area contributed by atoms with Crippen LogP contribution in [0.3, 0.4) is 0 Å². The molecule has 0 saturated carbocycles. The standard InChI is InChI=1S/C11H16N4S/c1-7-5-10(16-8(7)2)11(12-3)9-6-13-14-15(9)4/h5-6,11-12H,1-4H3. The quantitative estimate of drug-likeness (QED) is 0.883. The molecule has 2 aromatic rings. The SMILES string of the molecule is CNC(c1cc(C)c(C)s1)c1cnnn1C. The molecule has 16 heavy (non-hydrogen) atoms. The number of aryl methyl sites for hydroxylation is 3. The van der Waals surface area contributed by atoms with Gasteiger partial charge in [-0.05, 0) is 32.5 Å². The van der Waals surface area contributed by atoms with Gasteiger partial charge in [-0.25, -0.2) is 0 Å². The average molecular weight is 236 g/mol. The third kappa shape index (κ3) is 1.88. The van der Waals surface area contributed by atoms with Crippen molar-refractivity contribution in [2.75, 3.05) is 7.05 Å². The molecule has 0 aliphatic rings. The van der Waals surface area contributed by atoms with E-state index in [0.29, 0.717) is 0 Å². The predicted molar refractivity (Wildman–Crippen MR) is 65.7 cm³/mol. The summed E-state index contributed by atoms with van der Waals surface area (Å²) in [6.07, 6.45) is 1.81. The largest absolute Gasteiger partial charge is 0.307 e. The lowest BCUT2D eigenvalue weighted by Crippen LogP contribution is -2.19. The first kappa shape index (κ1) is 11.3. The first-order valence-electron chi connectivity index (χ1n) is 5.22. The zero-order valence-electron chi connectivity index (χ0n) is 9.98. The van der Waals surface area contributed by atoms with E-state index >= 15 is 0 Å². The van der Waals surface area contributed by atoms with Gasteiger partial charge in [-0.3, -0.25) is 4.68 Å². The van der Waals surface area contributed by atoms with Gasteiger partial charge in [-0.2, -0.15) is 0 Å². The number of hydrogen-bond donors (Lipinski definition) is 1. The van der Waals surface area contributed by atoms with Crippen LogP contribution in [0.1, 0.15) is 27.1 Å². The van der Waals surface area contributed by atoms with Crippen molar-refractivity contribution in [3.63, 3.8) is 0 Å². The Balaban J connectivity index is 2.40. The van der Waals surface area contributed by atoms with Gasteiger partial charge in [0.05, 0.1) is 17.9 Å². The van der Waals surface area contributed by atoms with Gasteiger partial charge in [0.15, 0.2) is 0 Å². The van der Waals surface area contributed by atoms with Crippen molar-refractivity contribution in [2.45, 2.75) is 19.9 Å². The molecule has 0 fully saturated rings. The van der Waals surface area contributed by atoms with E-state index in [1.165, 1.54) is 15.3 Å². The number of aromatic nitrogens is 3. The Morgan fingerprint density at radius 3 is 2.62 bits per heavy atom. The number of hydrogen-bond acceptors (Lipinski definition) is 4. The molecule has 5 heteroatoms. The molecule has 0 aromatic carbocycles. The fourth-order valence-electron chi connectivity index (χ4n) is 1.74. The molecule has 4 nitrogen and oxygen atoms in total. The minimum atomic E-state index is 0.178. The van der Waals surface area contributed by atoms with Crippen molar-refractivity contribution in [1.82, 2.24) is 20.3 Å². The van der Waals surface area contributed by atoms with Gasteiger partial charge in [0.1, 0.15) is 0 Å². The molecule has 0 amide bonds. The van der Waals surface area contributed by atoms with Crippen LogP contribution in [0.4, 0.5) is 0 Å². The van der Waals surface area contributed by atoms with E-state index in [4.69, 9.17) is 0 Å². The molecular formula is C11H16N4S. The van der Waals surface area contributed by atoms with Crippen molar-refractivity contribution in [3.05, 3.63) is 33.3 Å². The number of thiophene rings is 1. The monoisotopic (exact) mass is 236 g/mol. The second kappa shape index (κ2) is 4.35. The Labute approximate surface area is 99.3 Å². The summed E-state index contributed by atoms with van der Waals surface area (Å²) in [6, 6.07) is 2.41. The van der Waals surface area contributed by atoms with Gasteiger partial charge < -0.3 is 5.32 Å². The lowest BCUT2D eigenvalue weighted by atomic mass is 10.1. The highest BCUT2D eigenvalue weighted by molar-refractivity contribution is 7.12. The molecule has 1 unspecified atom stereocenters. The summed E-state index contributed by atoms with van der Waals surface area (Å²) in [5, 5.41) is 11.2. The van der Waals surface area contributed by atoms with Crippen LogP contribution in [0.2, 0.25) is 0 Å². The van der Waals surface area contributed by atoms with E-state index in [1.54, 1.807) is 0 Å². The summed E-state index contributed by atoms with van der Waals surface area (Å²) < 4.78 is 1.81. The normalized spacial score (nSPS) is 13.0. The predicted octanol–water partition coefficient (Wildman–Crippen LogP) is 1.80. The van der Waals surface area contributed by atoms with Gasteiger partial charge in [0, 0.05) is 16.8 Å². The molecular weight excluding hydrogens is 220 g/mol. The zero-order chi connectivity index (χ0) is 11.7. The van der Waals surface area contributed by atoms with Crippen LogP contribution in [0.25, 0.3) is 0 Å². The van der Waals surface area contributed by atoms with Crippen molar-refractivity contribution in [1.29, 1.82) is 0 Å². The van der Waals surface area contributed by atoms with Gasteiger partial charge in [0.25, 0.3) is 0 Å². The van der Waals surface area contributed by atoms with E-state index in [1.807, 2.05) is 36.3 Å². The number of nitrogens with one attached hydrogen (secondary N) is 1. The van der Waals surface area contributed by atoms with Crippen molar-refractivity contribution < 1.29 is 0 Å². The molecule has 0 bridgehead atoms. The molecule has 0 radical (unpaired) electrons. The van der Waals surface area contributed by atoms with Crippen LogP contribution < -0.4 is 5.32 Å². The maximum absolute atomic E-state index is 3.97. The molecule has 2 heterocycles. The smallest absolute Gasteiger partial charge is 0.0856 e. The van der Waals surface area contributed by atoms with Gasteiger partial charge in [-0.1, -0.05) is 5.21 Å². The zero-order valence-corrected chi connectivity index (χ0v) is 10.8. The summed E-state index contributed by atoms with van der Waals surface area (Å²) >= 11 is 1.82. The summed E-state index contributed by atoms with van der Waals surface area (Å²) in [5.41, 5.74) is 2.43. The van der Waals surface area contributed by atoms with Crippen LogP contribution in [0.5, 0.6) is 0 Å². The van der Waals surface area contributed by atoms with E-state index in [9.17, 15) is 0 Å². The average Bonchev–Trinajstić information content (AvgIpc) is 2.78. The Morgan fingerprint density at radius 1 is 1.44 bits per heavy atom. The Kier molecular flexibility index (Phi) is 3.07. The maximum atomic E-state index is 3.97. The highest BCUT2D eigenvalue weighted by Crippen LogP contribution is 2.29. The molecule has 0 aliphatic carbocycles. The van der Waals surface area contributed by atoms with Crippen LogP contribution in [-0.2, 0) is 7.05 Å². The lowest BCUT2D eigenvalue weighted by molar-refractivity contribution is 0.604. The molecule has 0 spiro atoms. The van der Waals surface area contributed by atoms with E-state index in [0.717, 1.165) is 5.69 Å². The summed E-state index contributed by atoms with van der Waals surface area (Å²) in [7, 11) is 3.88. The lowest BCUT2D eigenvalue weighted by Gasteiger charge is -2.13. The van der Waals surface area contributed by atoms with Crippen LogP contribution >= 0.6 is 11.3 Å². The van der Waals surface area contributed by atoms with E-state index in [-0.39, 0.29) is 6.04 Å². The number of rotatable bonds is 3. The van der Waals surface area contributed by atoms with Gasteiger partial charge >= 0.3 is 0 Å². The molecule has 2 aromatic heterocycles. The maximum Gasteiger partial charge on any atom is 0.0856 e. The fraction of sp³-hybridized carbons (Fsp3) is 0.455. The summed E-state index contributed by atoms with van der Waals surface area (Å²) in [6.45, 7) is 4.29. The minimum absolute atomic E-state index is 0.178. The second-order valence-electron chi connectivity index (χ2n) is 3.89. The van der Waals surface area contributed by atoms with E-state index in [2.05, 4.69) is 35.5 Å². The Morgan fingerprint density at radius 2 is 2.19 bits per heavy atom. The third-order valence-electron chi connectivity index (χ3n) is 2.80. The van der Waals surface area contributed by atoms with Crippen LogP contribution in [0, 0.1) is 13.8 Å². The van der Waals surface area contributed by atoms with Crippen LogP contribution in [0.15, 0.2) is 12.3 Å². The highest BCUT2D eigenvalue weighted by Gasteiger charge is 2.18. The fourth-order valence-corrected chi connectivity index (χ4v) is 2.90. The van der Waals surface area contributed by atoms with Crippen LogP contribution in [-0.4, -0.2) is 22.0 Å². The van der Waals surface area contributed by atoms with Crippen molar-refractivity contribution in [3.8, 4) is 0 Å². The molecule has 0 aliphatic heterocycles.